The molecule has 2 amide bonds. The van der Waals surface area contributed by atoms with Gasteiger partial charge in [-0.05, 0) is 67.8 Å². The Morgan fingerprint density at radius 2 is 1.73 bits per heavy atom. The Labute approximate surface area is 239 Å². The minimum Gasteiger partial charge on any atom is -0.497 e. The van der Waals surface area contributed by atoms with Crippen LogP contribution in [0.3, 0.4) is 0 Å². The van der Waals surface area contributed by atoms with Crippen LogP contribution >= 0.6 is 0 Å². The summed E-state index contributed by atoms with van der Waals surface area (Å²) in [7, 11) is 3.25. The van der Waals surface area contributed by atoms with Crippen molar-refractivity contribution in [3.05, 3.63) is 89.1 Å². The third-order valence-corrected chi connectivity index (χ3v) is 8.30. The van der Waals surface area contributed by atoms with Gasteiger partial charge in [0.15, 0.2) is 17.0 Å². The molecule has 212 valence electrons. The number of carbonyl (C=O) groups is 2. The molecule has 1 N–H and O–H groups in total. The van der Waals surface area contributed by atoms with Crippen molar-refractivity contribution in [3.8, 4) is 17.2 Å². The number of hydrogen-bond donors (Lipinski definition) is 1. The van der Waals surface area contributed by atoms with Crippen LogP contribution in [0.5, 0.6) is 17.2 Å². The lowest BCUT2D eigenvalue weighted by Gasteiger charge is -2.51. The first kappa shape index (κ1) is 26.7. The molecule has 2 atom stereocenters. The zero-order chi connectivity index (χ0) is 28.9. The second-order valence-corrected chi connectivity index (χ2v) is 11.2. The SMILES string of the molecule is COc1ccc(CN2CC(=O)N3CC(c4ccc(OC(C)C)c(OC)c4)c4c([nH]c5ccccc45)[C@@]3(C)C2=O)cc1. The molecule has 4 aromatic rings. The first-order valence-electron chi connectivity index (χ1n) is 13.9. The zero-order valence-electron chi connectivity index (χ0n) is 24.1. The van der Waals surface area contributed by atoms with Gasteiger partial charge in [-0.15, -0.1) is 0 Å². The van der Waals surface area contributed by atoms with E-state index in [1.807, 2.05) is 81.4 Å². The van der Waals surface area contributed by atoms with Gasteiger partial charge in [-0.25, -0.2) is 0 Å². The van der Waals surface area contributed by atoms with E-state index in [1.165, 1.54) is 0 Å². The number of aromatic amines is 1. The van der Waals surface area contributed by atoms with E-state index in [1.54, 1.807) is 24.0 Å². The van der Waals surface area contributed by atoms with Crippen molar-refractivity contribution < 1.29 is 23.8 Å². The van der Waals surface area contributed by atoms with Crippen LogP contribution in [-0.4, -0.2) is 60.0 Å². The molecule has 41 heavy (non-hydrogen) atoms. The summed E-state index contributed by atoms with van der Waals surface area (Å²) in [6.07, 6.45) is 0.00297. The topological polar surface area (TPSA) is 84.1 Å². The lowest BCUT2D eigenvalue weighted by atomic mass is 9.76. The first-order valence-corrected chi connectivity index (χ1v) is 13.9. The van der Waals surface area contributed by atoms with Gasteiger partial charge in [0.05, 0.1) is 26.0 Å². The fourth-order valence-electron chi connectivity index (χ4n) is 6.31. The summed E-state index contributed by atoms with van der Waals surface area (Å²) in [4.78, 5) is 35.1. The quantitative estimate of drug-likeness (QED) is 0.340. The van der Waals surface area contributed by atoms with E-state index >= 15 is 0 Å². The van der Waals surface area contributed by atoms with Gasteiger partial charge in [0.1, 0.15) is 12.3 Å². The van der Waals surface area contributed by atoms with Crippen LogP contribution in [0, 0.1) is 0 Å². The van der Waals surface area contributed by atoms with Crippen LogP contribution in [-0.2, 0) is 21.7 Å². The summed E-state index contributed by atoms with van der Waals surface area (Å²) >= 11 is 0. The lowest BCUT2D eigenvalue weighted by Crippen LogP contribution is -2.67. The summed E-state index contributed by atoms with van der Waals surface area (Å²) in [6.45, 7) is 6.56. The summed E-state index contributed by atoms with van der Waals surface area (Å²) < 4.78 is 16.9. The van der Waals surface area contributed by atoms with Crippen molar-refractivity contribution in [2.45, 2.75) is 44.9 Å². The normalized spacial score (nSPS) is 20.3. The molecular formula is C33H35N3O5. The number of hydrogen-bond acceptors (Lipinski definition) is 5. The number of methoxy groups -OCH3 is 2. The van der Waals surface area contributed by atoms with E-state index in [-0.39, 0.29) is 30.4 Å². The number of rotatable bonds is 7. The summed E-state index contributed by atoms with van der Waals surface area (Å²) in [5.74, 6) is 1.71. The Morgan fingerprint density at radius 3 is 2.44 bits per heavy atom. The number of para-hydroxylation sites is 1. The highest BCUT2D eigenvalue weighted by atomic mass is 16.5. The number of piperazine rings is 1. The largest absolute Gasteiger partial charge is 0.497 e. The standard InChI is InChI=1S/C33H35N3O5/c1-20(2)41-27-15-12-22(16-28(27)40-5)25-18-36-29(37)19-35(17-21-10-13-23(39-4)14-11-21)32(38)33(36,3)31-30(25)24-8-6-7-9-26(24)34-31/h6-16,20,25,34H,17-19H2,1-5H3/t25?,33-/m0/s1. The molecule has 6 rings (SSSR count). The third-order valence-electron chi connectivity index (χ3n) is 8.30. The molecule has 0 spiro atoms. The van der Waals surface area contributed by atoms with Gasteiger partial charge in [0.2, 0.25) is 5.91 Å². The molecule has 1 fully saturated rings. The summed E-state index contributed by atoms with van der Waals surface area (Å²) in [5, 5.41) is 1.04. The predicted octanol–water partition coefficient (Wildman–Crippen LogP) is 5.20. The molecule has 1 unspecified atom stereocenters. The highest BCUT2D eigenvalue weighted by Crippen LogP contribution is 2.49. The Morgan fingerprint density at radius 1 is 0.976 bits per heavy atom. The molecule has 0 aliphatic carbocycles. The van der Waals surface area contributed by atoms with Gasteiger partial charge >= 0.3 is 0 Å². The number of ether oxygens (including phenoxy) is 3. The average Bonchev–Trinajstić information content (AvgIpc) is 3.37. The van der Waals surface area contributed by atoms with Crippen molar-refractivity contribution in [2.75, 3.05) is 27.3 Å². The van der Waals surface area contributed by atoms with E-state index < -0.39 is 5.54 Å². The van der Waals surface area contributed by atoms with Crippen LogP contribution in [0.4, 0.5) is 0 Å². The number of nitrogens with one attached hydrogen (secondary N) is 1. The maximum Gasteiger partial charge on any atom is 0.255 e. The number of nitrogens with zero attached hydrogens (tertiary/aromatic N) is 2. The highest BCUT2D eigenvalue weighted by Gasteiger charge is 2.56. The number of fused-ring (bicyclic) bond motifs is 5. The molecule has 3 heterocycles. The molecule has 2 aliphatic heterocycles. The second kappa shape index (κ2) is 10.2. The van der Waals surface area contributed by atoms with Gasteiger partial charge in [-0.1, -0.05) is 36.4 Å². The Kier molecular flexibility index (Phi) is 6.64. The van der Waals surface area contributed by atoms with Gasteiger partial charge in [-0.2, -0.15) is 0 Å². The summed E-state index contributed by atoms with van der Waals surface area (Å²) in [6, 6.07) is 21.6. The van der Waals surface area contributed by atoms with Crippen LogP contribution in [0.25, 0.3) is 10.9 Å². The third kappa shape index (κ3) is 4.38. The van der Waals surface area contributed by atoms with E-state index in [0.29, 0.717) is 24.6 Å². The summed E-state index contributed by atoms with van der Waals surface area (Å²) in [5.41, 5.74) is 3.49. The lowest BCUT2D eigenvalue weighted by molar-refractivity contribution is -0.166. The van der Waals surface area contributed by atoms with Crippen LogP contribution in [0.2, 0.25) is 0 Å². The van der Waals surface area contributed by atoms with Gasteiger partial charge in [0.25, 0.3) is 5.91 Å². The maximum absolute atomic E-state index is 14.3. The average molecular weight is 554 g/mol. The first-order chi connectivity index (χ1) is 19.7. The van der Waals surface area contributed by atoms with Crippen LogP contribution in [0.1, 0.15) is 49.1 Å². The van der Waals surface area contributed by atoms with E-state index in [0.717, 1.165) is 39.0 Å². The number of benzene rings is 3. The minimum atomic E-state index is -1.17. The molecule has 1 saturated heterocycles. The Bertz CT molecular complexity index is 1630. The number of aromatic nitrogens is 1. The van der Waals surface area contributed by atoms with Crippen LogP contribution in [0.15, 0.2) is 66.7 Å². The Hall–Kier alpha value is -4.46. The second-order valence-electron chi connectivity index (χ2n) is 11.2. The van der Waals surface area contributed by atoms with E-state index in [4.69, 9.17) is 14.2 Å². The van der Waals surface area contributed by atoms with Crippen molar-refractivity contribution in [1.29, 1.82) is 0 Å². The van der Waals surface area contributed by atoms with Gasteiger partial charge in [-0.3, -0.25) is 9.59 Å². The molecule has 0 radical (unpaired) electrons. The molecular weight excluding hydrogens is 518 g/mol. The monoisotopic (exact) mass is 553 g/mol. The van der Waals surface area contributed by atoms with E-state index in [2.05, 4.69) is 11.1 Å². The highest BCUT2D eigenvalue weighted by molar-refractivity contribution is 6.01. The predicted molar refractivity (Wildman–Crippen MR) is 156 cm³/mol. The van der Waals surface area contributed by atoms with Crippen LogP contribution < -0.4 is 14.2 Å². The molecule has 8 nitrogen and oxygen atoms in total. The molecule has 1 aromatic heterocycles. The van der Waals surface area contributed by atoms with Crippen molar-refractivity contribution in [2.24, 2.45) is 0 Å². The molecule has 0 saturated carbocycles. The molecule has 3 aromatic carbocycles. The fourth-order valence-corrected chi connectivity index (χ4v) is 6.31. The maximum atomic E-state index is 14.3. The smallest absolute Gasteiger partial charge is 0.255 e. The van der Waals surface area contributed by atoms with Gasteiger partial charge < -0.3 is 29.0 Å². The van der Waals surface area contributed by atoms with Crippen molar-refractivity contribution in [3.63, 3.8) is 0 Å². The van der Waals surface area contributed by atoms with E-state index in [9.17, 15) is 9.59 Å². The molecule has 8 heteroatoms. The number of carbonyl (C=O) groups excluding carboxylic acids is 2. The fraction of sp³-hybridized carbons (Fsp3) is 0.333. The van der Waals surface area contributed by atoms with Crippen molar-refractivity contribution in [1.82, 2.24) is 14.8 Å². The molecule has 0 bridgehead atoms. The van der Waals surface area contributed by atoms with Gasteiger partial charge in [0, 0.05) is 29.9 Å². The number of H-pyrrole nitrogens is 1. The Balaban J connectivity index is 1.45. The van der Waals surface area contributed by atoms with Crippen molar-refractivity contribution >= 4 is 22.7 Å². The zero-order valence-corrected chi connectivity index (χ0v) is 24.1. The number of amides is 2. The minimum absolute atomic E-state index is 0.00297. The molecule has 2 aliphatic rings.